The topological polar surface area (TPSA) is 20.2 Å². The molecule has 0 unspecified atom stereocenters. The maximum absolute atomic E-state index is 8.41. The first kappa shape index (κ1) is 6.43. The summed E-state index contributed by atoms with van der Waals surface area (Å²) in [5, 5.41) is 9.30. The van der Waals surface area contributed by atoms with Crippen LogP contribution in [0.4, 0.5) is 0 Å². The average Bonchev–Trinajstić information content (AvgIpc) is 1.63. The van der Waals surface area contributed by atoms with E-state index in [0.29, 0.717) is 6.61 Å². The van der Waals surface area contributed by atoms with Crippen LogP contribution in [0.5, 0.6) is 0 Å². The van der Waals surface area contributed by atoms with Gasteiger partial charge in [0, 0.05) is 11.0 Å². The van der Waals surface area contributed by atoms with Gasteiger partial charge in [0.25, 0.3) is 0 Å². The predicted molar refractivity (Wildman–Crippen MR) is 37.2 cm³/mol. The van der Waals surface area contributed by atoms with Crippen molar-refractivity contribution < 1.29 is 5.11 Å². The van der Waals surface area contributed by atoms with Gasteiger partial charge in [-0.3, -0.25) is 0 Å². The monoisotopic (exact) mass is 132 g/mol. The standard InChI is InChI=1S/C6H12OS/c7-4-5-8-6-2-1-3-6/h6-7H,1-5H2. The summed E-state index contributed by atoms with van der Waals surface area (Å²) in [5.74, 6) is 0.935. The summed E-state index contributed by atoms with van der Waals surface area (Å²) in [6, 6.07) is 0. The highest BCUT2D eigenvalue weighted by Gasteiger charge is 2.16. The van der Waals surface area contributed by atoms with E-state index in [0.717, 1.165) is 11.0 Å². The van der Waals surface area contributed by atoms with Crippen molar-refractivity contribution in [2.75, 3.05) is 12.4 Å². The Labute approximate surface area is 54.5 Å². The maximum atomic E-state index is 8.41. The van der Waals surface area contributed by atoms with Gasteiger partial charge in [0.15, 0.2) is 0 Å². The summed E-state index contributed by atoms with van der Waals surface area (Å²) in [5.41, 5.74) is 0. The van der Waals surface area contributed by atoms with E-state index in [9.17, 15) is 0 Å². The molecule has 0 saturated heterocycles. The van der Waals surface area contributed by atoms with Crippen molar-refractivity contribution in [3.63, 3.8) is 0 Å². The molecule has 1 aliphatic rings. The molecule has 8 heavy (non-hydrogen) atoms. The van der Waals surface area contributed by atoms with Gasteiger partial charge < -0.3 is 5.11 Å². The van der Waals surface area contributed by atoms with Gasteiger partial charge in [0.1, 0.15) is 0 Å². The van der Waals surface area contributed by atoms with E-state index in [4.69, 9.17) is 5.11 Å². The number of hydrogen-bond acceptors (Lipinski definition) is 2. The van der Waals surface area contributed by atoms with Gasteiger partial charge in [0.05, 0.1) is 6.61 Å². The van der Waals surface area contributed by atoms with Crippen LogP contribution in [-0.4, -0.2) is 22.7 Å². The van der Waals surface area contributed by atoms with E-state index in [-0.39, 0.29) is 0 Å². The molecule has 0 aromatic carbocycles. The molecule has 2 heteroatoms. The van der Waals surface area contributed by atoms with Gasteiger partial charge in [-0.1, -0.05) is 6.42 Å². The molecule has 1 nitrogen and oxygen atoms in total. The van der Waals surface area contributed by atoms with Crippen LogP contribution >= 0.6 is 11.8 Å². The quantitative estimate of drug-likeness (QED) is 0.624. The Morgan fingerprint density at radius 1 is 1.50 bits per heavy atom. The number of hydrogen-bond donors (Lipinski definition) is 1. The average molecular weight is 132 g/mol. The number of aliphatic hydroxyl groups is 1. The van der Waals surface area contributed by atoms with Crippen LogP contribution in [0.15, 0.2) is 0 Å². The summed E-state index contributed by atoms with van der Waals surface area (Å²) in [6.45, 7) is 0.348. The van der Waals surface area contributed by atoms with Gasteiger partial charge in [-0.15, -0.1) is 0 Å². The molecule has 48 valence electrons. The molecule has 0 heterocycles. The molecule has 0 amide bonds. The zero-order chi connectivity index (χ0) is 5.82. The van der Waals surface area contributed by atoms with Gasteiger partial charge in [0.2, 0.25) is 0 Å². The highest BCUT2D eigenvalue weighted by molar-refractivity contribution is 7.99. The summed E-state index contributed by atoms with van der Waals surface area (Å²) in [6.07, 6.45) is 4.17. The summed E-state index contributed by atoms with van der Waals surface area (Å²) in [4.78, 5) is 0. The summed E-state index contributed by atoms with van der Waals surface area (Å²) in [7, 11) is 0. The van der Waals surface area contributed by atoms with Gasteiger partial charge in [-0.05, 0) is 12.8 Å². The van der Waals surface area contributed by atoms with Crippen LogP contribution in [0, 0.1) is 0 Å². The van der Waals surface area contributed by atoms with E-state index in [1.54, 1.807) is 0 Å². The first-order valence-corrected chi connectivity index (χ1v) is 4.21. The maximum Gasteiger partial charge on any atom is 0.0521 e. The third-order valence-corrected chi connectivity index (χ3v) is 2.86. The van der Waals surface area contributed by atoms with Crippen LogP contribution in [-0.2, 0) is 0 Å². The van der Waals surface area contributed by atoms with Crippen molar-refractivity contribution in [2.45, 2.75) is 24.5 Å². The van der Waals surface area contributed by atoms with Crippen molar-refractivity contribution >= 4 is 11.8 Å². The van der Waals surface area contributed by atoms with Crippen LogP contribution in [0.25, 0.3) is 0 Å². The minimum absolute atomic E-state index is 0.348. The Morgan fingerprint density at radius 2 is 2.25 bits per heavy atom. The lowest BCUT2D eigenvalue weighted by atomic mass is 10.0. The lowest BCUT2D eigenvalue weighted by molar-refractivity contribution is 0.322. The Balaban J connectivity index is 1.86. The predicted octanol–water partition coefficient (Wildman–Crippen LogP) is 1.26. The second kappa shape index (κ2) is 3.36. The fourth-order valence-electron chi connectivity index (χ4n) is 0.757. The van der Waals surface area contributed by atoms with E-state index in [2.05, 4.69) is 0 Å². The third-order valence-electron chi connectivity index (χ3n) is 1.50. The van der Waals surface area contributed by atoms with Crippen molar-refractivity contribution in [2.24, 2.45) is 0 Å². The Bertz CT molecular complexity index is 61.5. The smallest absolute Gasteiger partial charge is 0.0521 e. The van der Waals surface area contributed by atoms with Crippen LogP contribution < -0.4 is 0 Å². The second-order valence-electron chi connectivity index (χ2n) is 2.15. The third kappa shape index (κ3) is 1.67. The normalized spacial score (nSPS) is 20.6. The molecule has 1 fully saturated rings. The molecule has 0 radical (unpaired) electrons. The van der Waals surface area contributed by atoms with Crippen LogP contribution in [0.3, 0.4) is 0 Å². The second-order valence-corrected chi connectivity index (χ2v) is 3.56. The molecule has 1 saturated carbocycles. The molecular weight excluding hydrogens is 120 g/mol. The Morgan fingerprint density at radius 3 is 2.62 bits per heavy atom. The molecule has 0 aliphatic heterocycles. The number of aliphatic hydroxyl groups excluding tert-OH is 1. The highest BCUT2D eigenvalue weighted by atomic mass is 32.2. The van der Waals surface area contributed by atoms with Crippen molar-refractivity contribution in [3.8, 4) is 0 Å². The van der Waals surface area contributed by atoms with E-state index >= 15 is 0 Å². The fourth-order valence-corrected chi connectivity index (χ4v) is 1.86. The minimum atomic E-state index is 0.348. The minimum Gasteiger partial charge on any atom is -0.396 e. The van der Waals surface area contributed by atoms with Crippen molar-refractivity contribution in [1.29, 1.82) is 0 Å². The molecular formula is C6H12OS. The molecule has 0 bridgehead atoms. The molecule has 0 atom stereocenters. The van der Waals surface area contributed by atoms with Crippen molar-refractivity contribution in [1.82, 2.24) is 0 Å². The van der Waals surface area contributed by atoms with Gasteiger partial charge >= 0.3 is 0 Å². The van der Waals surface area contributed by atoms with E-state index in [1.165, 1.54) is 19.3 Å². The van der Waals surface area contributed by atoms with Gasteiger partial charge in [-0.2, -0.15) is 11.8 Å². The SMILES string of the molecule is OCCSC1CCC1. The highest BCUT2D eigenvalue weighted by Crippen LogP contribution is 2.30. The summed E-state index contributed by atoms with van der Waals surface area (Å²) < 4.78 is 0. The zero-order valence-electron chi connectivity index (χ0n) is 4.97. The van der Waals surface area contributed by atoms with E-state index in [1.807, 2.05) is 11.8 Å². The van der Waals surface area contributed by atoms with Crippen LogP contribution in [0.1, 0.15) is 19.3 Å². The van der Waals surface area contributed by atoms with E-state index < -0.39 is 0 Å². The first-order chi connectivity index (χ1) is 3.93. The van der Waals surface area contributed by atoms with Crippen molar-refractivity contribution in [3.05, 3.63) is 0 Å². The molecule has 1 rings (SSSR count). The Hall–Kier alpha value is 0.310. The molecule has 0 spiro atoms. The lowest BCUT2D eigenvalue weighted by Gasteiger charge is -2.23. The zero-order valence-corrected chi connectivity index (χ0v) is 5.78. The molecule has 0 aromatic rings. The number of rotatable bonds is 3. The largest absolute Gasteiger partial charge is 0.396 e. The molecule has 0 aromatic heterocycles. The number of thioether (sulfide) groups is 1. The lowest BCUT2D eigenvalue weighted by Crippen LogP contribution is -2.14. The fraction of sp³-hybridized carbons (Fsp3) is 1.00. The summed E-state index contributed by atoms with van der Waals surface area (Å²) >= 11 is 1.91. The first-order valence-electron chi connectivity index (χ1n) is 3.16. The Kier molecular flexibility index (Phi) is 2.70. The van der Waals surface area contributed by atoms with Gasteiger partial charge in [-0.25, -0.2) is 0 Å². The molecule has 1 aliphatic carbocycles. The molecule has 1 N–H and O–H groups in total. The van der Waals surface area contributed by atoms with Crippen LogP contribution in [0.2, 0.25) is 0 Å².